The standard InChI is InChI=1S/C30H22BrCl2NO4S/c1-2-37-26-13-18(12-24(31)28(26)38-17-21-8-5-7-19-6-3-4-9-23(19)21)14-27-29(35)34(30(36)39-27)16-20-10-11-22(32)15-25(20)33/h3-15H,2,16-17H2,1H3/b27-14-. The van der Waals surface area contributed by atoms with E-state index in [1.807, 2.05) is 37.3 Å². The average Bonchev–Trinajstić information content (AvgIpc) is 3.17. The van der Waals surface area contributed by atoms with Crippen molar-refractivity contribution in [3.63, 3.8) is 0 Å². The highest BCUT2D eigenvalue weighted by atomic mass is 79.9. The maximum atomic E-state index is 13.1. The summed E-state index contributed by atoms with van der Waals surface area (Å²) in [6.07, 6.45) is 1.68. The first kappa shape index (κ1) is 27.6. The fraction of sp³-hybridized carbons (Fsp3) is 0.133. The van der Waals surface area contributed by atoms with Gasteiger partial charge in [0.2, 0.25) is 0 Å². The van der Waals surface area contributed by atoms with E-state index in [1.165, 1.54) is 4.90 Å². The van der Waals surface area contributed by atoms with Crippen LogP contribution in [-0.2, 0) is 17.9 Å². The van der Waals surface area contributed by atoms with Gasteiger partial charge in [0, 0.05) is 10.0 Å². The first-order chi connectivity index (χ1) is 18.8. The van der Waals surface area contributed by atoms with Crippen molar-refractivity contribution in [2.75, 3.05) is 6.61 Å². The van der Waals surface area contributed by atoms with E-state index in [1.54, 1.807) is 30.3 Å². The van der Waals surface area contributed by atoms with Gasteiger partial charge in [0.05, 0.1) is 22.5 Å². The fourth-order valence-electron chi connectivity index (χ4n) is 4.25. The predicted octanol–water partition coefficient (Wildman–Crippen LogP) is 9.12. The first-order valence-electron chi connectivity index (χ1n) is 12.1. The molecule has 4 aromatic rings. The molecule has 39 heavy (non-hydrogen) atoms. The van der Waals surface area contributed by atoms with Gasteiger partial charge in [0.25, 0.3) is 11.1 Å². The zero-order valence-electron chi connectivity index (χ0n) is 20.7. The van der Waals surface area contributed by atoms with Crippen LogP contribution in [0.15, 0.2) is 82.2 Å². The molecule has 1 aliphatic heterocycles. The minimum Gasteiger partial charge on any atom is -0.490 e. The van der Waals surface area contributed by atoms with Crippen molar-refractivity contribution >= 4 is 78.9 Å². The van der Waals surface area contributed by atoms with E-state index in [2.05, 4.69) is 34.1 Å². The molecule has 1 fully saturated rings. The largest absolute Gasteiger partial charge is 0.490 e. The summed E-state index contributed by atoms with van der Waals surface area (Å²) in [4.78, 5) is 27.3. The third-order valence-corrected chi connectivity index (χ3v) is 8.18. The summed E-state index contributed by atoms with van der Waals surface area (Å²) in [5.74, 6) is 0.708. The first-order valence-corrected chi connectivity index (χ1v) is 14.5. The zero-order valence-corrected chi connectivity index (χ0v) is 24.7. The summed E-state index contributed by atoms with van der Waals surface area (Å²) in [6, 6.07) is 22.9. The number of carbonyl (C=O) groups excluding carboxylic acids is 2. The molecule has 1 heterocycles. The topological polar surface area (TPSA) is 55.8 Å². The van der Waals surface area contributed by atoms with Crippen LogP contribution < -0.4 is 9.47 Å². The van der Waals surface area contributed by atoms with E-state index in [-0.39, 0.29) is 17.7 Å². The van der Waals surface area contributed by atoms with Crippen molar-refractivity contribution in [2.24, 2.45) is 0 Å². The van der Waals surface area contributed by atoms with E-state index in [0.29, 0.717) is 55.3 Å². The van der Waals surface area contributed by atoms with Crippen LogP contribution in [0.2, 0.25) is 10.0 Å². The van der Waals surface area contributed by atoms with Crippen molar-refractivity contribution in [3.05, 3.63) is 109 Å². The Morgan fingerprint density at radius 3 is 2.54 bits per heavy atom. The molecule has 0 bridgehead atoms. The van der Waals surface area contributed by atoms with Crippen LogP contribution >= 0.6 is 50.9 Å². The quantitative estimate of drug-likeness (QED) is 0.179. The Morgan fingerprint density at radius 1 is 0.949 bits per heavy atom. The monoisotopic (exact) mass is 641 g/mol. The van der Waals surface area contributed by atoms with Gasteiger partial charge >= 0.3 is 0 Å². The van der Waals surface area contributed by atoms with Crippen LogP contribution in [0.5, 0.6) is 11.5 Å². The molecule has 5 rings (SSSR count). The molecule has 4 aromatic carbocycles. The van der Waals surface area contributed by atoms with Gasteiger partial charge < -0.3 is 9.47 Å². The number of ether oxygens (including phenoxy) is 2. The van der Waals surface area contributed by atoms with Gasteiger partial charge in [-0.05, 0) is 92.4 Å². The number of carbonyl (C=O) groups is 2. The number of nitrogens with zero attached hydrogens (tertiary/aromatic N) is 1. The molecule has 0 radical (unpaired) electrons. The Labute approximate surface area is 248 Å². The van der Waals surface area contributed by atoms with Crippen molar-refractivity contribution in [1.29, 1.82) is 0 Å². The molecular formula is C30H22BrCl2NO4S. The van der Waals surface area contributed by atoms with E-state index >= 15 is 0 Å². The molecule has 0 spiro atoms. The summed E-state index contributed by atoms with van der Waals surface area (Å²) in [5, 5.41) is 2.79. The minimum absolute atomic E-state index is 0.0623. The maximum absolute atomic E-state index is 13.1. The lowest BCUT2D eigenvalue weighted by atomic mass is 10.1. The molecule has 0 aliphatic carbocycles. The number of rotatable bonds is 8. The lowest BCUT2D eigenvalue weighted by molar-refractivity contribution is -0.123. The maximum Gasteiger partial charge on any atom is 0.293 e. The van der Waals surface area contributed by atoms with Crippen LogP contribution in [-0.4, -0.2) is 22.7 Å². The number of imide groups is 1. The predicted molar refractivity (Wildman–Crippen MR) is 162 cm³/mol. The summed E-state index contributed by atoms with van der Waals surface area (Å²) in [7, 11) is 0. The Bertz CT molecular complexity index is 1620. The zero-order chi connectivity index (χ0) is 27.5. The number of hydrogen-bond acceptors (Lipinski definition) is 5. The van der Waals surface area contributed by atoms with Crippen LogP contribution in [0.3, 0.4) is 0 Å². The lowest BCUT2D eigenvalue weighted by Gasteiger charge is -2.16. The second-order valence-corrected chi connectivity index (χ2v) is 11.4. The highest BCUT2D eigenvalue weighted by Gasteiger charge is 2.35. The lowest BCUT2D eigenvalue weighted by Crippen LogP contribution is -2.27. The van der Waals surface area contributed by atoms with Gasteiger partial charge in [-0.15, -0.1) is 0 Å². The molecule has 0 aromatic heterocycles. The third-order valence-electron chi connectivity index (χ3n) is 6.10. The Hall–Kier alpha value is -2.97. The molecule has 9 heteroatoms. The third kappa shape index (κ3) is 6.12. The van der Waals surface area contributed by atoms with Gasteiger partial charge in [-0.1, -0.05) is 71.7 Å². The van der Waals surface area contributed by atoms with Crippen LogP contribution in [0.4, 0.5) is 4.79 Å². The normalized spacial score (nSPS) is 14.5. The van der Waals surface area contributed by atoms with Gasteiger partial charge in [0.15, 0.2) is 11.5 Å². The number of halogens is 3. The number of amides is 2. The molecule has 1 saturated heterocycles. The minimum atomic E-state index is -0.388. The van der Waals surface area contributed by atoms with Crippen molar-refractivity contribution in [1.82, 2.24) is 4.90 Å². The second-order valence-electron chi connectivity index (χ2n) is 8.69. The molecule has 0 N–H and O–H groups in total. The molecule has 0 saturated carbocycles. The van der Waals surface area contributed by atoms with Gasteiger partial charge in [0.1, 0.15) is 6.61 Å². The van der Waals surface area contributed by atoms with E-state index in [0.717, 1.165) is 28.1 Å². The van der Waals surface area contributed by atoms with Gasteiger partial charge in [-0.2, -0.15) is 0 Å². The number of benzene rings is 4. The molecule has 0 atom stereocenters. The van der Waals surface area contributed by atoms with Crippen molar-refractivity contribution in [2.45, 2.75) is 20.1 Å². The van der Waals surface area contributed by atoms with E-state index in [4.69, 9.17) is 32.7 Å². The Balaban J connectivity index is 1.38. The van der Waals surface area contributed by atoms with Gasteiger partial charge in [-0.3, -0.25) is 14.5 Å². The highest BCUT2D eigenvalue weighted by molar-refractivity contribution is 9.10. The molecule has 2 amide bonds. The van der Waals surface area contributed by atoms with Crippen LogP contribution in [0.1, 0.15) is 23.6 Å². The molecule has 5 nitrogen and oxygen atoms in total. The highest BCUT2D eigenvalue weighted by Crippen LogP contribution is 2.40. The summed E-state index contributed by atoms with van der Waals surface area (Å²) >= 11 is 16.7. The Kier molecular flexibility index (Phi) is 8.52. The van der Waals surface area contributed by atoms with Crippen molar-refractivity contribution < 1.29 is 19.1 Å². The molecule has 0 unspecified atom stereocenters. The molecule has 198 valence electrons. The fourth-order valence-corrected chi connectivity index (χ4v) is 6.13. The summed E-state index contributed by atoms with van der Waals surface area (Å²) in [5.41, 5.74) is 2.39. The smallest absolute Gasteiger partial charge is 0.293 e. The second kappa shape index (κ2) is 12.0. The Morgan fingerprint density at radius 2 is 1.74 bits per heavy atom. The van der Waals surface area contributed by atoms with Gasteiger partial charge in [-0.25, -0.2) is 0 Å². The summed E-state index contributed by atoms with van der Waals surface area (Å²) < 4.78 is 12.8. The number of hydrogen-bond donors (Lipinski definition) is 0. The van der Waals surface area contributed by atoms with Crippen LogP contribution in [0.25, 0.3) is 16.8 Å². The van der Waals surface area contributed by atoms with Crippen LogP contribution in [0, 0.1) is 0 Å². The molecular weight excluding hydrogens is 621 g/mol. The molecule has 1 aliphatic rings. The van der Waals surface area contributed by atoms with E-state index < -0.39 is 0 Å². The number of fused-ring (bicyclic) bond motifs is 1. The summed E-state index contributed by atoms with van der Waals surface area (Å²) in [6.45, 7) is 2.74. The van der Waals surface area contributed by atoms with E-state index in [9.17, 15) is 9.59 Å². The SMILES string of the molecule is CCOc1cc(/C=C2\SC(=O)N(Cc3ccc(Cl)cc3Cl)C2=O)cc(Br)c1OCc1cccc2ccccc12. The van der Waals surface area contributed by atoms with Crippen molar-refractivity contribution in [3.8, 4) is 11.5 Å². The average molecular weight is 643 g/mol. The number of thioether (sulfide) groups is 1.